The number of hydrogen-bond donors (Lipinski definition) is 1. The second-order valence-corrected chi connectivity index (χ2v) is 5.00. The molecule has 0 unspecified atom stereocenters. The van der Waals surface area contributed by atoms with Gasteiger partial charge in [-0.1, -0.05) is 12.1 Å². The monoisotopic (exact) mass is 262 g/mol. The van der Waals surface area contributed by atoms with E-state index in [1.54, 1.807) is 23.5 Å². The third kappa shape index (κ3) is 3.56. The van der Waals surface area contributed by atoms with Crippen LogP contribution >= 0.6 is 11.3 Å². The van der Waals surface area contributed by atoms with Crippen LogP contribution in [0.25, 0.3) is 0 Å². The van der Waals surface area contributed by atoms with Crippen LogP contribution in [0, 0.1) is 6.92 Å². The number of hydrogen-bond acceptors (Lipinski definition) is 5. The summed E-state index contributed by atoms with van der Waals surface area (Å²) < 4.78 is 5.15. The van der Waals surface area contributed by atoms with Crippen molar-refractivity contribution in [2.75, 3.05) is 5.73 Å². The molecule has 0 aliphatic carbocycles. The van der Waals surface area contributed by atoms with E-state index < -0.39 is 0 Å². The molecule has 1 aromatic heterocycles. The van der Waals surface area contributed by atoms with Gasteiger partial charge < -0.3 is 10.5 Å². The normalized spacial score (nSPS) is 10.3. The van der Waals surface area contributed by atoms with Gasteiger partial charge in [-0.2, -0.15) is 0 Å². The number of thiazole rings is 1. The molecule has 0 aliphatic heterocycles. The highest BCUT2D eigenvalue weighted by atomic mass is 32.1. The minimum absolute atomic E-state index is 0.234. The SMILES string of the molecule is Cc1nc(COC(=O)Cc2ccc(N)cc2)cs1. The number of benzene rings is 1. The molecular formula is C13H14N2O2S. The lowest BCUT2D eigenvalue weighted by Crippen LogP contribution is -2.08. The molecule has 1 aromatic carbocycles. The highest BCUT2D eigenvalue weighted by Crippen LogP contribution is 2.10. The molecule has 0 bridgehead atoms. The Morgan fingerprint density at radius 3 is 2.72 bits per heavy atom. The van der Waals surface area contributed by atoms with Crippen molar-refractivity contribution in [3.05, 3.63) is 45.9 Å². The maximum Gasteiger partial charge on any atom is 0.310 e. The van der Waals surface area contributed by atoms with Crippen molar-refractivity contribution in [1.82, 2.24) is 4.98 Å². The van der Waals surface area contributed by atoms with E-state index in [1.165, 1.54) is 0 Å². The van der Waals surface area contributed by atoms with Crippen molar-refractivity contribution < 1.29 is 9.53 Å². The molecule has 0 radical (unpaired) electrons. The zero-order chi connectivity index (χ0) is 13.0. The first kappa shape index (κ1) is 12.6. The lowest BCUT2D eigenvalue weighted by atomic mass is 10.1. The topological polar surface area (TPSA) is 65.2 Å². The van der Waals surface area contributed by atoms with E-state index >= 15 is 0 Å². The van der Waals surface area contributed by atoms with Gasteiger partial charge in [-0.3, -0.25) is 4.79 Å². The first-order valence-corrected chi connectivity index (χ1v) is 6.42. The van der Waals surface area contributed by atoms with Gasteiger partial charge in [0.15, 0.2) is 0 Å². The third-order valence-electron chi connectivity index (χ3n) is 2.38. The highest BCUT2D eigenvalue weighted by molar-refractivity contribution is 7.09. The van der Waals surface area contributed by atoms with Crippen LogP contribution in [-0.2, 0) is 22.6 Å². The summed E-state index contributed by atoms with van der Waals surface area (Å²) in [4.78, 5) is 15.8. The predicted molar refractivity (Wildman–Crippen MR) is 71.2 cm³/mol. The quantitative estimate of drug-likeness (QED) is 0.678. The molecule has 0 aliphatic rings. The Morgan fingerprint density at radius 2 is 2.11 bits per heavy atom. The fourth-order valence-corrected chi connectivity index (χ4v) is 2.08. The molecule has 4 nitrogen and oxygen atoms in total. The van der Waals surface area contributed by atoms with Gasteiger partial charge in [0.25, 0.3) is 0 Å². The Balaban J connectivity index is 1.83. The molecule has 0 spiro atoms. The van der Waals surface area contributed by atoms with Gasteiger partial charge in [0.05, 0.1) is 17.1 Å². The number of nitrogens with two attached hydrogens (primary N) is 1. The van der Waals surface area contributed by atoms with E-state index in [4.69, 9.17) is 10.5 Å². The maximum absolute atomic E-state index is 11.6. The summed E-state index contributed by atoms with van der Waals surface area (Å²) in [6.45, 7) is 2.16. The Hall–Kier alpha value is -1.88. The lowest BCUT2D eigenvalue weighted by molar-refractivity contribution is -0.144. The summed E-state index contributed by atoms with van der Waals surface area (Å²) in [5.74, 6) is -0.259. The predicted octanol–water partition coefficient (Wildman–Crippen LogP) is 2.32. The first-order valence-electron chi connectivity index (χ1n) is 5.54. The fraction of sp³-hybridized carbons (Fsp3) is 0.231. The number of aryl methyl sites for hydroxylation is 1. The summed E-state index contributed by atoms with van der Waals surface area (Å²) in [7, 11) is 0. The minimum Gasteiger partial charge on any atom is -0.459 e. The van der Waals surface area contributed by atoms with Crippen molar-refractivity contribution in [3.63, 3.8) is 0 Å². The number of esters is 1. The standard InChI is InChI=1S/C13H14N2O2S/c1-9-15-12(8-18-9)7-17-13(16)6-10-2-4-11(14)5-3-10/h2-5,8H,6-7,14H2,1H3. The van der Waals surface area contributed by atoms with Gasteiger partial charge in [0, 0.05) is 11.1 Å². The fourth-order valence-electron chi connectivity index (χ4n) is 1.48. The molecular weight excluding hydrogens is 248 g/mol. The first-order chi connectivity index (χ1) is 8.63. The lowest BCUT2D eigenvalue weighted by Gasteiger charge is -2.03. The number of rotatable bonds is 4. The third-order valence-corrected chi connectivity index (χ3v) is 3.20. The van der Waals surface area contributed by atoms with E-state index in [-0.39, 0.29) is 19.0 Å². The summed E-state index contributed by atoms with van der Waals surface area (Å²) in [6.07, 6.45) is 0.253. The molecule has 2 rings (SSSR count). The van der Waals surface area contributed by atoms with E-state index in [1.807, 2.05) is 24.4 Å². The number of nitrogen functional groups attached to an aromatic ring is 1. The Kier molecular flexibility index (Phi) is 3.94. The van der Waals surface area contributed by atoms with Crippen LogP contribution in [0.2, 0.25) is 0 Å². The van der Waals surface area contributed by atoms with Crippen molar-refractivity contribution in [3.8, 4) is 0 Å². The summed E-state index contributed by atoms with van der Waals surface area (Å²) in [6, 6.07) is 7.19. The van der Waals surface area contributed by atoms with Crippen LogP contribution in [0.15, 0.2) is 29.6 Å². The van der Waals surface area contributed by atoms with E-state index in [0.717, 1.165) is 16.3 Å². The van der Waals surface area contributed by atoms with Gasteiger partial charge >= 0.3 is 5.97 Å². The second kappa shape index (κ2) is 5.64. The minimum atomic E-state index is -0.259. The molecule has 2 aromatic rings. The Bertz CT molecular complexity index is 534. The Morgan fingerprint density at radius 1 is 1.39 bits per heavy atom. The number of carbonyl (C=O) groups is 1. The van der Waals surface area contributed by atoms with Gasteiger partial charge in [0.1, 0.15) is 6.61 Å². The molecule has 94 valence electrons. The highest BCUT2D eigenvalue weighted by Gasteiger charge is 2.06. The molecule has 0 atom stereocenters. The van der Waals surface area contributed by atoms with E-state index in [9.17, 15) is 4.79 Å². The van der Waals surface area contributed by atoms with E-state index in [0.29, 0.717) is 5.69 Å². The summed E-state index contributed by atoms with van der Waals surface area (Å²) in [5.41, 5.74) is 7.94. The van der Waals surface area contributed by atoms with E-state index in [2.05, 4.69) is 4.98 Å². The molecule has 1 heterocycles. The zero-order valence-corrected chi connectivity index (χ0v) is 10.9. The van der Waals surface area contributed by atoms with Crippen LogP contribution in [0.5, 0.6) is 0 Å². The molecule has 0 saturated heterocycles. The van der Waals surface area contributed by atoms with Crippen molar-refractivity contribution in [1.29, 1.82) is 0 Å². The number of anilines is 1. The average Bonchev–Trinajstić information content (AvgIpc) is 2.76. The van der Waals surface area contributed by atoms with Gasteiger partial charge in [0.2, 0.25) is 0 Å². The number of ether oxygens (including phenoxy) is 1. The molecule has 0 saturated carbocycles. The average molecular weight is 262 g/mol. The second-order valence-electron chi connectivity index (χ2n) is 3.94. The van der Waals surface area contributed by atoms with Crippen molar-refractivity contribution in [2.24, 2.45) is 0 Å². The molecule has 2 N–H and O–H groups in total. The number of carbonyl (C=O) groups excluding carboxylic acids is 1. The van der Waals surface area contributed by atoms with Crippen LogP contribution < -0.4 is 5.73 Å². The Labute approximate surface area is 109 Å². The zero-order valence-electron chi connectivity index (χ0n) is 10.1. The smallest absolute Gasteiger partial charge is 0.310 e. The van der Waals surface area contributed by atoms with Gasteiger partial charge in [-0.25, -0.2) is 4.98 Å². The molecule has 5 heteroatoms. The molecule has 0 fully saturated rings. The van der Waals surface area contributed by atoms with Crippen LogP contribution in [-0.4, -0.2) is 11.0 Å². The number of nitrogens with zero attached hydrogens (tertiary/aromatic N) is 1. The van der Waals surface area contributed by atoms with Crippen LogP contribution in [0.1, 0.15) is 16.3 Å². The van der Waals surface area contributed by atoms with Crippen molar-refractivity contribution >= 4 is 23.0 Å². The van der Waals surface area contributed by atoms with Crippen molar-refractivity contribution in [2.45, 2.75) is 20.0 Å². The summed E-state index contributed by atoms with van der Waals surface area (Å²) >= 11 is 1.55. The van der Waals surface area contributed by atoms with Gasteiger partial charge in [-0.15, -0.1) is 11.3 Å². The van der Waals surface area contributed by atoms with Crippen LogP contribution in [0.4, 0.5) is 5.69 Å². The molecule has 18 heavy (non-hydrogen) atoms. The summed E-state index contributed by atoms with van der Waals surface area (Å²) in [5, 5.41) is 2.87. The largest absolute Gasteiger partial charge is 0.459 e. The molecule has 0 amide bonds. The van der Waals surface area contributed by atoms with Crippen LogP contribution in [0.3, 0.4) is 0 Å². The van der Waals surface area contributed by atoms with Gasteiger partial charge in [-0.05, 0) is 24.6 Å². The maximum atomic E-state index is 11.6. The number of aromatic nitrogens is 1.